The molecular weight excluding hydrogens is 250 g/mol. The maximum atomic E-state index is 12.0. The quantitative estimate of drug-likeness (QED) is 0.741. The van der Waals surface area contributed by atoms with Crippen LogP contribution < -0.4 is 5.32 Å². The van der Waals surface area contributed by atoms with Crippen LogP contribution in [0.25, 0.3) is 6.08 Å². The first kappa shape index (κ1) is 16.4. The normalized spacial score (nSPS) is 13.6. The Hall–Kier alpha value is -1.61. The minimum Gasteiger partial charge on any atom is -0.469 e. The van der Waals surface area contributed by atoms with Crippen molar-refractivity contribution >= 4 is 12.0 Å². The van der Waals surface area contributed by atoms with E-state index in [4.69, 9.17) is 4.74 Å². The molecule has 0 bridgehead atoms. The monoisotopic (exact) mass is 275 g/mol. The summed E-state index contributed by atoms with van der Waals surface area (Å²) in [5.74, 6) is 0.0494. The van der Waals surface area contributed by atoms with Crippen molar-refractivity contribution in [2.45, 2.75) is 19.8 Å². The highest BCUT2D eigenvalue weighted by atomic mass is 16.5. The van der Waals surface area contributed by atoms with Crippen molar-refractivity contribution in [2.24, 2.45) is 11.8 Å². The summed E-state index contributed by atoms with van der Waals surface area (Å²) in [6, 6.07) is 8.13. The maximum Gasteiger partial charge on any atom is 0.309 e. The SMILES string of the molecule is C=Cc1cccc(C[C@H](C(=O)OC)[C@H](C)CCNC)c1. The van der Waals surface area contributed by atoms with E-state index in [1.165, 1.54) is 7.11 Å². The number of esters is 1. The van der Waals surface area contributed by atoms with Gasteiger partial charge in [0.25, 0.3) is 0 Å². The van der Waals surface area contributed by atoms with Crippen LogP contribution in [0.5, 0.6) is 0 Å². The van der Waals surface area contributed by atoms with E-state index >= 15 is 0 Å². The summed E-state index contributed by atoms with van der Waals surface area (Å²) in [6.07, 6.45) is 3.48. The molecule has 20 heavy (non-hydrogen) atoms. The molecule has 0 fully saturated rings. The number of rotatable bonds is 8. The number of nitrogens with one attached hydrogen (secondary N) is 1. The summed E-state index contributed by atoms with van der Waals surface area (Å²) < 4.78 is 4.96. The predicted molar refractivity (Wildman–Crippen MR) is 83.5 cm³/mol. The third kappa shape index (κ3) is 4.82. The van der Waals surface area contributed by atoms with Crippen molar-refractivity contribution in [3.8, 4) is 0 Å². The molecule has 0 heterocycles. The third-order valence-corrected chi connectivity index (χ3v) is 3.68. The molecule has 3 nitrogen and oxygen atoms in total. The second kappa shape index (κ2) is 8.54. The van der Waals surface area contributed by atoms with Crippen LogP contribution in [0.4, 0.5) is 0 Å². The van der Waals surface area contributed by atoms with Crippen LogP contribution in [0.3, 0.4) is 0 Å². The zero-order valence-corrected chi connectivity index (χ0v) is 12.7. The van der Waals surface area contributed by atoms with Crippen molar-refractivity contribution in [3.05, 3.63) is 42.0 Å². The Morgan fingerprint density at radius 1 is 1.50 bits per heavy atom. The molecular formula is C17H25NO2. The van der Waals surface area contributed by atoms with E-state index in [0.717, 1.165) is 24.1 Å². The molecule has 1 rings (SSSR count). The van der Waals surface area contributed by atoms with E-state index in [-0.39, 0.29) is 17.8 Å². The van der Waals surface area contributed by atoms with E-state index in [0.29, 0.717) is 6.42 Å². The lowest BCUT2D eigenvalue weighted by Gasteiger charge is -2.22. The standard InChI is InChI=1S/C17H25NO2/c1-5-14-7-6-8-15(11-14)12-16(17(19)20-4)13(2)9-10-18-3/h5-8,11,13,16,18H,1,9-10,12H2,2-4H3/t13-,16+/m1/s1. The van der Waals surface area contributed by atoms with Crippen molar-refractivity contribution in [1.29, 1.82) is 0 Å². The Labute approximate surface area is 122 Å². The Morgan fingerprint density at radius 3 is 2.85 bits per heavy atom. The molecule has 0 amide bonds. The lowest BCUT2D eigenvalue weighted by atomic mass is 9.85. The molecule has 1 aromatic carbocycles. The number of carbonyl (C=O) groups is 1. The van der Waals surface area contributed by atoms with Gasteiger partial charge in [-0.05, 0) is 43.5 Å². The van der Waals surface area contributed by atoms with Gasteiger partial charge in [-0.2, -0.15) is 0 Å². The largest absolute Gasteiger partial charge is 0.469 e. The van der Waals surface area contributed by atoms with Gasteiger partial charge in [0.05, 0.1) is 13.0 Å². The van der Waals surface area contributed by atoms with Crippen LogP contribution in [-0.2, 0) is 16.0 Å². The Kier molecular flexibility index (Phi) is 7.02. The van der Waals surface area contributed by atoms with Gasteiger partial charge in [0.2, 0.25) is 0 Å². The zero-order valence-electron chi connectivity index (χ0n) is 12.7. The van der Waals surface area contributed by atoms with Gasteiger partial charge < -0.3 is 10.1 Å². The molecule has 3 heteroatoms. The van der Waals surface area contributed by atoms with E-state index < -0.39 is 0 Å². The first-order valence-electron chi connectivity index (χ1n) is 7.06. The summed E-state index contributed by atoms with van der Waals surface area (Å²) in [4.78, 5) is 12.0. The molecule has 0 unspecified atom stereocenters. The second-order valence-corrected chi connectivity index (χ2v) is 5.15. The molecule has 0 aliphatic rings. The smallest absolute Gasteiger partial charge is 0.309 e. The zero-order chi connectivity index (χ0) is 15.0. The average Bonchev–Trinajstić information content (AvgIpc) is 2.49. The minimum atomic E-state index is -0.127. The van der Waals surface area contributed by atoms with Gasteiger partial charge in [0, 0.05) is 0 Å². The van der Waals surface area contributed by atoms with Gasteiger partial charge in [0.15, 0.2) is 0 Å². The van der Waals surface area contributed by atoms with E-state index in [1.54, 1.807) is 0 Å². The second-order valence-electron chi connectivity index (χ2n) is 5.15. The molecule has 0 spiro atoms. The number of methoxy groups -OCH3 is 1. The predicted octanol–water partition coefficient (Wildman–Crippen LogP) is 2.91. The average molecular weight is 275 g/mol. The fourth-order valence-corrected chi connectivity index (χ4v) is 2.34. The van der Waals surface area contributed by atoms with Gasteiger partial charge in [0.1, 0.15) is 0 Å². The number of ether oxygens (including phenoxy) is 1. The molecule has 1 N–H and O–H groups in total. The van der Waals surface area contributed by atoms with Crippen molar-refractivity contribution in [1.82, 2.24) is 5.32 Å². The van der Waals surface area contributed by atoms with Crippen LogP contribution in [0.1, 0.15) is 24.5 Å². The van der Waals surface area contributed by atoms with Crippen LogP contribution in [-0.4, -0.2) is 26.7 Å². The van der Waals surface area contributed by atoms with Crippen molar-refractivity contribution < 1.29 is 9.53 Å². The highest BCUT2D eigenvalue weighted by Crippen LogP contribution is 2.22. The van der Waals surface area contributed by atoms with E-state index in [2.05, 4.69) is 24.9 Å². The van der Waals surface area contributed by atoms with Crippen LogP contribution in [0.15, 0.2) is 30.8 Å². The lowest BCUT2D eigenvalue weighted by molar-refractivity contribution is -0.147. The fraction of sp³-hybridized carbons (Fsp3) is 0.471. The van der Waals surface area contributed by atoms with Gasteiger partial charge in [-0.1, -0.05) is 43.8 Å². The summed E-state index contributed by atoms with van der Waals surface area (Å²) in [5, 5.41) is 3.13. The molecule has 0 radical (unpaired) electrons. The summed E-state index contributed by atoms with van der Waals surface area (Å²) >= 11 is 0. The van der Waals surface area contributed by atoms with E-state index in [1.807, 2.05) is 31.3 Å². The van der Waals surface area contributed by atoms with E-state index in [9.17, 15) is 4.79 Å². The van der Waals surface area contributed by atoms with Gasteiger partial charge >= 0.3 is 5.97 Å². The molecule has 0 saturated heterocycles. The summed E-state index contributed by atoms with van der Waals surface area (Å²) in [5.41, 5.74) is 2.23. The summed E-state index contributed by atoms with van der Waals surface area (Å²) in [6.45, 7) is 6.79. The van der Waals surface area contributed by atoms with Gasteiger partial charge in [-0.25, -0.2) is 0 Å². The molecule has 0 aliphatic heterocycles. The Morgan fingerprint density at radius 2 is 2.25 bits per heavy atom. The molecule has 1 aromatic rings. The van der Waals surface area contributed by atoms with Crippen molar-refractivity contribution in [3.63, 3.8) is 0 Å². The molecule has 0 saturated carbocycles. The lowest BCUT2D eigenvalue weighted by Crippen LogP contribution is -2.27. The first-order chi connectivity index (χ1) is 9.62. The molecule has 2 atom stereocenters. The fourth-order valence-electron chi connectivity index (χ4n) is 2.34. The van der Waals surface area contributed by atoms with Gasteiger partial charge in [-0.3, -0.25) is 4.79 Å². The number of carbonyl (C=O) groups excluding carboxylic acids is 1. The van der Waals surface area contributed by atoms with Gasteiger partial charge in [-0.15, -0.1) is 0 Å². The highest BCUT2D eigenvalue weighted by molar-refractivity contribution is 5.73. The van der Waals surface area contributed by atoms with Crippen molar-refractivity contribution in [2.75, 3.05) is 20.7 Å². The topological polar surface area (TPSA) is 38.3 Å². The number of hydrogen-bond acceptors (Lipinski definition) is 3. The molecule has 0 aliphatic carbocycles. The van der Waals surface area contributed by atoms with Crippen LogP contribution in [0, 0.1) is 11.8 Å². The maximum absolute atomic E-state index is 12.0. The van der Waals surface area contributed by atoms with Crippen LogP contribution >= 0.6 is 0 Å². The third-order valence-electron chi connectivity index (χ3n) is 3.68. The highest BCUT2D eigenvalue weighted by Gasteiger charge is 2.25. The molecule has 110 valence electrons. The first-order valence-corrected chi connectivity index (χ1v) is 7.06. The summed E-state index contributed by atoms with van der Waals surface area (Å²) in [7, 11) is 3.38. The minimum absolute atomic E-state index is 0.103. The Balaban J connectivity index is 2.82. The Bertz CT molecular complexity index is 442. The van der Waals surface area contributed by atoms with Crippen LogP contribution in [0.2, 0.25) is 0 Å². The number of benzene rings is 1. The number of hydrogen-bond donors (Lipinski definition) is 1. The molecule has 0 aromatic heterocycles.